The summed E-state index contributed by atoms with van der Waals surface area (Å²) in [7, 11) is -3.57. The number of amides is 1. The number of fused-ring (bicyclic) bond motifs is 1. The molecule has 0 spiro atoms. The number of carbonyl (C=O) groups excluding carboxylic acids is 1. The van der Waals surface area contributed by atoms with E-state index >= 15 is 0 Å². The molecule has 0 bridgehead atoms. The number of nitrogens with one attached hydrogen (secondary N) is 1. The van der Waals surface area contributed by atoms with Crippen molar-refractivity contribution in [2.45, 2.75) is 31.1 Å². The first-order chi connectivity index (χ1) is 16.3. The molecule has 1 aliphatic rings. The van der Waals surface area contributed by atoms with Gasteiger partial charge in [-0.1, -0.05) is 23.8 Å². The molecule has 1 aliphatic heterocycles. The molecule has 34 heavy (non-hydrogen) atoms. The number of para-hydroxylation sites is 1. The first-order valence-corrected chi connectivity index (χ1v) is 13.1. The molecule has 2 aromatic carbocycles. The van der Waals surface area contributed by atoms with Gasteiger partial charge < -0.3 is 5.32 Å². The predicted octanol–water partition coefficient (Wildman–Crippen LogP) is 4.36. The van der Waals surface area contributed by atoms with Crippen LogP contribution in [0.2, 0.25) is 0 Å². The monoisotopic (exact) mass is 499 g/mol. The minimum Gasteiger partial charge on any atom is -0.306 e. The highest BCUT2D eigenvalue weighted by atomic mass is 32.2. The molecule has 8 nitrogen and oxygen atoms in total. The van der Waals surface area contributed by atoms with Crippen LogP contribution in [0.25, 0.3) is 15.3 Å². The Morgan fingerprint density at radius 1 is 1.09 bits per heavy atom. The standard InChI is InChI=1S/C23H22FN5O3S2/c1-15-14-20(29(27-15)23-26-21-18(24)6-5-7-19(21)33-23)25-22(30)16-8-10-17(11-9-16)34(31,32)28-12-3-2-4-13-28/h5-11,14H,2-4,12-13H2,1H3,(H,25,30). The van der Waals surface area contributed by atoms with Crippen molar-refractivity contribution in [3.8, 4) is 5.13 Å². The topological polar surface area (TPSA) is 97.2 Å². The Hall–Kier alpha value is -3.15. The van der Waals surface area contributed by atoms with Crippen LogP contribution in [0.15, 0.2) is 53.4 Å². The van der Waals surface area contributed by atoms with Crippen LogP contribution < -0.4 is 5.32 Å². The largest absolute Gasteiger partial charge is 0.306 e. The molecule has 1 amide bonds. The second-order valence-electron chi connectivity index (χ2n) is 8.11. The summed E-state index contributed by atoms with van der Waals surface area (Å²) in [5.41, 5.74) is 1.20. The maximum atomic E-state index is 14.1. The molecule has 176 valence electrons. The van der Waals surface area contributed by atoms with E-state index in [1.807, 2.05) is 0 Å². The van der Waals surface area contributed by atoms with Gasteiger partial charge in [-0.3, -0.25) is 4.79 Å². The number of piperidine rings is 1. The van der Waals surface area contributed by atoms with Gasteiger partial charge in [-0.2, -0.15) is 14.1 Å². The normalized spacial score (nSPS) is 15.0. The van der Waals surface area contributed by atoms with E-state index in [0.717, 1.165) is 19.3 Å². The van der Waals surface area contributed by atoms with Crippen LogP contribution in [0.3, 0.4) is 0 Å². The van der Waals surface area contributed by atoms with Crippen LogP contribution in [0.5, 0.6) is 0 Å². The van der Waals surface area contributed by atoms with Crippen LogP contribution in [-0.2, 0) is 10.0 Å². The maximum absolute atomic E-state index is 14.1. The number of aromatic nitrogens is 3. The zero-order valence-electron chi connectivity index (χ0n) is 18.4. The molecule has 4 aromatic rings. The number of nitrogens with zero attached hydrogens (tertiary/aromatic N) is 4. The van der Waals surface area contributed by atoms with Gasteiger partial charge in [0.2, 0.25) is 15.2 Å². The molecule has 3 heterocycles. The summed E-state index contributed by atoms with van der Waals surface area (Å²) in [5.74, 6) is -0.462. The Kier molecular flexibility index (Phi) is 5.92. The number of halogens is 1. The highest BCUT2D eigenvalue weighted by Crippen LogP contribution is 2.29. The Balaban J connectivity index is 1.38. The Morgan fingerprint density at radius 3 is 2.53 bits per heavy atom. The average molecular weight is 500 g/mol. The fourth-order valence-electron chi connectivity index (χ4n) is 3.95. The second kappa shape index (κ2) is 8.90. The molecule has 0 radical (unpaired) electrons. The van der Waals surface area contributed by atoms with Gasteiger partial charge in [0.25, 0.3) is 5.91 Å². The second-order valence-corrected chi connectivity index (χ2v) is 11.1. The third kappa shape index (κ3) is 4.22. The molecular weight excluding hydrogens is 477 g/mol. The summed E-state index contributed by atoms with van der Waals surface area (Å²) in [4.78, 5) is 17.4. The highest BCUT2D eigenvalue weighted by molar-refractivity contribution is 7.89. The van der Waals surface area contributed by atoms with Crippen molar-refractivity contribution in [2.24, 2.45) is 0 Å². The quantitative estimate of drug-likeness (QED) is 0.440. The molecule has 2 aromatic heterocycles. The molecule has 1 fully saturated rings. The Bertz CT molecular complexity index is 1470. The van der Waals surface area contributed by atoms with E-state index in [-0.39, 0.29) is 10.4 Å². The fourth-order valence-corrected chi connectivity index (χ4v) is 6.41. The lowest BCUT2D eigenvalue weighted by Gasteiger charge is -2.25. The zero-order chi connectivity index (χ0) is 23.9. The molecule has 0 aliphatic carbocycles. The molecule has 1 saturated heterocycles. The van der Waals surface area contributed by atoms with Crippen LogP contribution in [0.1, 0.15) is 35.3 Å². The van der Waals surface area contributed by atoms with Crippen LogP contribution in [0.4, 0.5) is 10.2 Å². The molecule has 5 rings (SSSR count). The van der Waals surface area contributed by atoms with E-state index in [9.17, 15) is 17.6 Å². The molecule has 0 atom stereocenters. The maximum Gasteiger partial charge on any atom is 0.256 e. The van der Waals surface area contributed by atoms with E-state index < -0.39 is 21.7 Å². The summed E-state index contributed by atoms with van der Waals surface area (Å²) in [6, 6.07) is 12.3. The Morgan fingerprint density at radius 2 is 1.82 bits per heavy atom. The minimum atomic E-state index is -3.57. The van der Waals surface area contributed by atoms with Gasteiger partial charge in [0, 0.05) is 24.7 Å². The number of benzene rings is 2. The van der Waals surface area contributed by atoms with E-state index in [0.29, 0.717) is 40.0 Å². The first-order valence-electron chi connectivity index (χ1n) is 10.9. The molecule has 0 unspecified atom stereocenters. The number of thiazole rings is 1. The number of carbonyl (C=O) groups is 1. The van der Waals surface area contributed by atoms with Gasteiger partial charge in [0.15, 0.2) is 0 Å². The van der Waals surface area contributed by atoms with E-state index in [2.05, 4.69) is 15.4 Å². The number of anilines is 1. The van der Waals surface area contributed by atoms with Gasteiger partial charge >= 0.3 is 0 Å². The third-order valence-electron chi connectivity index (χ3n) is 5.68. The van der Waals surface area contributed by atoms with Gasteiger partial charge in [-0.25, -0.2) is 17.8 Å². The van der Waals surface area contributed by atoms with Gasteiger partial charge in [0.1, 0.15) is 17.2 Å². The minimum absolute atomic E-state index is 0.170. The van der Waals surface area contributed by atoms with Crippen molar-refractivity contribution in [1.29, 1.82) is 0 Å². The van der Waals surface area contributed by atoms with Crippen LogP contribution in [-0.4, -0.2) is 46.5 Å². The molecule has 11 heteroatoms. The molecule has 1 N–H and O–H groups in total. The smallest absolute Gasteiger partial charge is 0.256 e. The van der Waals surface area contributed by atoms with E-state index in [4.69, 9.17) is 0 Å². The van der Waals surface area contributed by atoms with Crippen molar-refractivity contribution in [3.63, 3.8) is 0 Å². The number of sulfonamides is 1. The SMILES string of the molecule is Cc1cc(NC(=O)c2ccc(S(=O)(=O)N3CCCCC3)cc2)n(-c2nc3c(F)cccc3s2)n1. The lowest BCUT2D eigenvalue weighted by Crippen LogP contribution is -2.35. The van der Waals surface area contributed by atoms with Crippen molar-refractivity contribution in [2.75, 3.05) is 18.4 Å². The summed E-state index contributed by atoms with van der Waals surface area (Å²) < 4.78 is 43.4. The lowest BCUT2D eigenvalue weighted by molar-refractivity contribution is 0.102. The van der Waals surface area contributed by atoms with Crippen molar-refractivity contribution in [3.05, 3.63) is 65.6 Å². The summed E-state index contributed by atoms with van der Waals surface area (Å²) in [6.07, 6.45) is 2.75. The average Bonchev–Trinajstić information content (AvgIpc) is 3.43. The van der Waals surface area contributed by atoms with Crippen LogP contribution in [0, 0.1) is 12.7 Å². The van der Waals surface area contributed by atoms with Gasteiger partial charge in [0.05, 0.1) is 15.3 Å². The number of rotatable bonds is 5. The van der Waals surface area contributed by atoms with Crippen molar-refractivity contribution in [1.82, 2.24) is 19.1 Å². The predicted molar refractivity (Wildman–Crippen MR) is 128 cm³/mol. The summed E-state index contributed by atoms with van der Waals surface area (Å²) in [5, 5.41) is 7.62. The van der Waals surface area contributed by atoms with E-state index in [1.54, 1.807) is 25.1 Å². The lowest BCUT2D eigenvalue weighted by atomic mass is 10.2. The van der Waals surface area contributed by atoms with E-state index in [1.165, 1.54) is 50.7 Å². The Labute approximate surface area is 200 Å². The third-order valence-corrected chi connectivity index (χ3v) is 8.59. The van der Waals surface area contributed by atoms with Gasteiger partial charge in [-0.05, 0) is 56.2 Å². The first kappa shape index (κ1) is 22.6. The number of aryl methyl sites for hydroxylation is 1. The number of hydrogen-bond acceptors (Lipinski definition) is 6. The number of hydrogen-bond donors (Lipinski definition) is 1. The van der Waals surface area contributed by atoms with Crippen LogP contribution >= 0.6 is 11.3 Å². The van der Waals surface area contributed by atoms with Gasteiger partial charge in [-0.15, -0.1) is 0 Å². The zero-order valence-corrected chi connectivity index (χ0v) is 20.0. The fraction of sp³-hybridized carbons (Fsp3) is 0.261. The summed E-state index contributed by atoms with van der Waals surface area (Å²) in [6.45, 7) is 2.81. The van der Waals surface area contributed by atoms with Crippen molar-refractivity contribution >= 4 is 43.3 Å². The molecular formula is C23H22FN5O3S2. The summed E-state index contributed by atoms with van der Waals surface area (Å²) >= 11 is 1.26. The highest BCUT2D eigenvalue weighted by Gasteiger charge is 2.26. The van der Waals surface area contributed by atoms with Crippen molar-refractivity contribution < 1.29 is 17.6 Å². The molecule has 0 saturated carbocycles.